The monoisotopic (exact) mass is 839 g/mol. The molecule has 5 aromatic rings. The number of rotatable bonds is 11. The van der Waals surface area contributed by atoms with Crippen molar-refractivity contribution >= 4 is 46.1 Å². The van der Waals surface area contributed by atoms with Crippen molar-refractivity contribution in [2.75, 3.05) is 27.3 Å². The molecule has 2 fully saturated rings. The molecule has 8 rings (SSSR count). The number of aromatic amines is 1. The lowest BCUT2D eigenvalue weighted by atomic mass is 9.95. The molecule has 0 radical (unpaired) electrons. The summed E-state index contributed by atoms with van der Waals surface area (Å²) in [5.74, 6) is 0.0374. The Morgan fingerprint density at radius 1 is 0.790 bits per heavy atom. The highest BCUT2D eigenvalue weighted by molar-refractivity contribution is 6.04. The van der Waals surface area contributed by atoms with Crippen LogP contribution in [0.1, 0.15) is 68.6 Å². The molecular weight excluding hydrogens is 790 g/mol. The second-order valence-electron chi connectivity index (χ2n) is 16.4. The van der Waals surface area contributed by atoms with Gasteiger partial charge in [-0.1, -0.05) is 92.7 Å². The summed E-state index contributed by atoms with van der Waals surface area (Å²) in [6.07, 6.45) is 3.22. The number of carbonyl (C=O) groups is 4. The van der Waals surface area contributed by atoms with Gasteiger partial charge in [-0.15, -0.1) is 0 Å². The van der Waals surface area contributed by atoms with Crippen molar-refractivity contribution in [1.29, 1.82) is 0 Å². The van der Waals surface area contributed by atoms with Crippen LogP contribution in [0.15, 0.2) is 108 Å². The van der Waals surface area contributed by atoms with Crippen LogP contribution < -0.4 is 10.6 Å². The predicted octanol–water partition coefficient (Wildman–Crippen LogP) is 8.16. The van der Waals surface area contributed by atoms with Crippen molar-refractivity contribution in [1.82, 2.24) is 30.4 Å². The molecule has 1 aromatic heterocycles. The van der Waals surface area contributed by atoms with E-state index in [1.165, 1.54) is 19.1 Å². The number of nitrogens with zero attached hydrogens (tertiary/aromatic N) is 4. The predicted molar refractivity (Wildman–Crippen MR) is 235 cm³/mol. The fourth-order valence-corrected chi connectivity index (χ4v) is 8.76. The van der Waals surface area contributed by atoms with E-state index < -0.39 is 42.4 Å². The number of carbonyl (C=O) groups excluding carboxylic acids is 4. The number of H-pyrrole nitrogens is 1. The van der Waals surface area contributed by atoms with Crippen molar-refractivity contribution in [2.24, 2.45) is 10.9 Å². The minimum atomic E-state index is -1.22. The van der Waals surface area contributed by atoms with Gasteiger partial charge in [0.2, 0.25) is 5.91 Å². The molecule has 4 aromatic carbocycles. The number of allylic oxidation sites excluding steroid dienone is 1. The Morgan fingerprint density at radius 2 is 1.45 bits per heavy atom. The summed E-state index contributed by atoms with van der Waals surface area (Å²) in [6.45, 7) is 4.29. The fraction of sp³-hybridized carbons (Fsp3) is 0.333. The normalized spacial score (nSPS) is 19.5. The number of imidazole rings is 1. The van der Waals surface area contributed by atoms with Crippen molar-refractivity contribution in [2.45, 2.75) is 69.9 Å². The molecule has 4 heterocycles. The minimum Gasteiger partial charge on any atom is -0.453 e. The number of likely N-dealkylation sites (tertiary alicyclic amines) is 2. The number of alkyl carbamates (subject to hydrolysis) is 2. The fourth-order valence-electron chi connectivity index (χ4n) is 8.76. The first-order chi connectivity index (χ1) is 30.0. The standard InChI is InChI=1S/C48H50FN7O6/c1-28(2)42(53-47(59)61-3)45(57)55-20-8-11-40(55)44-51-26-39(52-44)35-19-18-33-21-32(16-17-34(33)22-35)29-12-14-30(15-13-29)36-23-38(50-25-36)41-24-37(49)27-56(41)46(58)43(54-48(60)62-4)31-9-6-5-7-10-31/h5-7,9-10,12-19,21-22,25-26,28,37,40-43H,8,11,20,23-24,27H2,1-4H3,(H,51,52)(H,53,59)(H,54,60)/t37-,40-,41-,42-,43+/m0/s1. The third-order valence-corrected chi connectivity index (χ3v) is 12.1. The molecule has 5 atom stereocenters. The van der Waals surface area contributed by atoms with E-state index in [0.29, 0.717) is 30.1 Å². The number of hydrogen-bond acceptors (Lipinski definition) is 8. The average Bonchev–Trinajstić information content (AvgIpc) is 4.14. The first-order valence-corrected chi connectivity index (χ1v) is 21.0. The second kappa shape index (κ2) is 18.0. The summed E-state index contributed by atoms with van der Waals surface area (Å²) in [5, 5.41) is 7.47. The first-order valence-electron chi connectivity index (χ1n) is 21.0. The van der Waals surface area contributed by atoms with Crippen LogP contribution in [0, 0.1) is 5.92 Å². The Balaban J connectivity index is 0.922. The zero-order valence-corrected chi connectivity index (χ0v) is 35.1. The molecule has 0 saturated carbocycles. The van der Waals surface area contributed by atoms with Gasteiger partial charge in [0.05, 0.1) is 44.7 Å². The number of halogens is 1. The van der Waals surface area contributed by atoms with Crippen molar-refractivity contribution in [3.63, 3.8) is 0 Å². The molecular formula is C48H50FN7O6. The third kappa shape index (κ3) is 8.67. The van der Waals surface area contributed by atoms with E-state index in [9.17, 15) is 19.2 Å². The number of aliphatic imine (C=N–C) groups is 1. The van der Waals surface area contributed by atoms with Gasteiger partial charge in [-0.3, -0.25) is 14.6 Å². The smallest absolute Gasteiger partial charge is 0.407 e. The summed E-state index contributed by atoms with van der Waals surface area (Å²) in [5.41, 5.74) is 7.19. The van der Waals surface area contributed by atoms with Crippen LogP contribution >= 0.6 is 0 Å². The van der Waals surface area contributed by atoms with Crippen molar-refractivity contribution in [3.05, 3.63) is 120 Å². The highest BCUT2D eigenvalue weighted by Gasteiger charge is 2.42. The Morgan fingerprint density at radius 3 is 2.16 bits per heavy atom. The number of alkyl halides is 1. The molecule has 62 heavy (non-hydrogen) atoms. The number of fused-ring (bicyclic) bond motifs is 1. The van der Waals surface area contributed by atoms with E-state index in [0.717, 1.165) is 57.1 Å². The second-order valence-corrected chi connectivity index (χ2v) is 16.4. The van der Waals surface area contributed by atoms with Crippen molar-refractivity contribution < 1.29 is 33.0 Å². The van der Waals surface area contributed by atoms with Gasteiger partial charge in [0.25, 0.3) is 5.91 Å². The van der Waals surface area contributed by atoms with Crippen molar-refractivity contribution in [3.8, 4) is 22.4 Å². The number of amides is 4. The number of ether oxygens (including phenoxy) is 2. The lowest BCUT2D eigenvalue weighted by molar-refractivity contribution is -0.135. The molecule has 0 unspecified atom stereocenters. The largest absolute Gasteiger partial charge is 0.453 e. The molecule has 3 aliphatic rings. The zero-order valence-electron chi connectivity index (χ0n) is 35.1. The van der Waals surface area contributed by atoms with Gasteiger partial charge in [0, 0.05) is 36.9 Å². The van der Waals surface area contributed by atoms with Crippen LogP contribution in [0.25, 0.3) is 38.7 Å². The minimum absolute atomic E-state index is 0.0859. The number of benzene rings is 4. The molecule has 320 valence electrons. The molecule has 4 amide bonds. The topological polar surface area (TPSA) is 158 Å². The van der Waals surface area contributed by atoms with Gasteiger partial charge in [0.1, 0.15) is 24.1 Å². The SMILES string of the molecule is COC(=O)N[C@H](C(=O)N1CCC[C@H]1c1ncc(-c2ccc3cc(-c4ccc(C5=CN=C([C@@H]6C[C@H](F)CN6C(=O)[C@H](NC(=O)OC)c6ccccc6)C5)cc4)ccc3c2)[nH]1)C(C)C. The van der Waals surface area contributed by atoms with E-state index in [-0.39, 0.29) is 30.8 Å². The van der Waals surface area contributed by atoms with E-state index in [2.05, 4.69) is 76.3 Å². The number of methoxy groups -OCH3 is 2. The first kappa shape index (κ1) is 41.9. The third-order valence-electron chi connectivity index (χ3n) is 12.1. The molecule has 3 aliphatic heterocycles. The maximum absolute atomic E-state index is 15.0. The van der Waals surface area contributed by atoms with E-state index >= 15 is 4.39 Å². The highest BCUT2D eigenvalue weighted by Crippen LogP contribution is 2.36. The van der Waals surface area contributed by atoms with E-state index in [1.54, 1.807) is 41.6 Å². The van der Waals surface area contributed by atoms with Gasteiger partial charge in [-0.05, 0) is 69.5 Å². The van der Waals surface area contributed by atoms with Crippen LogP contribution in [0.4, 0.5) is 14.0 Å². The van der Waals surface area contributed by atoms with Crippen LogP contribution in [-0.4, -0.2) is 95.0 Å². The number of hydrogen-bond donors (Lipinski definition) is 3. The zero-order chi connectivity index (χ0) is 43.5. The Bertz CT molecular complexity index is 2540. The summed E-state index contributed by atoms with van der Waals surface area (Å²) in [6, 6.07) is 27.3. The summed E-state index contributed by atoms with van der Waals surface area (Å²) in [4.78, 5) is 67.9. The van der Waals surface area contributed by atoms with Crippen LogP contribution in [0.5, 0.6) is 0 Å². The quantitative estimate of drug-likeness (QED) is 0.121. The Hall–Kier alpha value is -6.83. The molecule has 0 spiro atoms. The number of nitrogens with one attached hydrogen (secondary N) is 3. The molecule has 0 bridgehead atoms. The average molecular weight is 840 g/mol. The summed E-state index contributed by atoms with van der Waals surface area (Å²) < 4.78 is 24.6. The molecule has 0 aliphatic carbocycles. The lowest BCUT2D eigenvalue weighted by Gasteiger charge is -2.30. The van der Waals surface area contributed by atoms with E-state index in [1.807, 2.05) is 19.9 Å². The molecule has 2 saturated heterocycles. The van der Waals surface area contributed by atoms with E-state index in [4.69, 9.17) is 19.5 Å². The molecule has 3 N–H and O–H groups in total. The maximum atomic E-state index is 15.0. The van der Waals surface area contributed by atoms with Gasteiger partial charge >= 0.3 is 12.2 Å². The van der Waals surface area contributed by atoms with Gasteiger partial charge in [-0.25, -0.2) is 19.0 Å². The molecule has 14 heteroatoms. The van der Waals surface area contributed by atoms with Crippen LogP contribution in [0.3, 0.4) is 0 Å². The highest BCUT2D eigenvalue weighted by atomic mass is 19.1. The van der Waals surface area contributed by atoms with Crippen LogP contribution in [-0.2, 0) is 19.1 Å². The van der Waals surface area contributed by atoms with Gasteiger partial charge in [-0.2, -0.15) is 0 Å². The molecule has 13 nitrogen and oxygen atoms in total. The lowest BCUT2D eigenvalue weighted by Crippen LogP contribution is -2.51. The van der Waals surface area contributed by atoms with Crippen LogP contribution in [0.2, 0.25) is 0 Å². The Kier molecular flexibility index (Phi) is 12.2. The maximum Gasteiger partial charge on any atom is 0.407 e. The van der Waals surface area contributed by atoms with Gasteiger partial charge < -0.3 is 34.9 Å². The Labute approximate surface area is 359 Å². The summed E-state index contributed by atoms with van der Waals surface area (Å²) >= 11 is 0. The summed E-state index contributed by atoms with van der Waals surface area (Å²) in [7, 11) is 2.52. The number of aromatic nitrogens is 2. The van der Waals surface area contributed by atoms with Gasteiger partial charge in [0.15, 0.2) is 0 Å².